The monoisotopic (exact) mass is 584 g/mol. The molecular weight excluding hydrogens is 562 g/mol. The first kappa shape index (κ1) is 28.0. The number of halogens is 7. The molecule has 0 radical (unpaired) electrons. The molecule has 2 N–H and O–H groups in total. The van der Waals surface area contributed by atoms with Crippen LogP contribution < -0.4 is 10.6 Å². The second-order valence-corrected chi connectivity index (χ2v) is 9.98. The van der Waals surface area contributed by atoms with E-state index < -0.39 is 71.7 Å². The molecule has 2 aromatic rings. The van der Waals surface area contributed by atoms with E-state index in [9.17, 15) is 35.9 Å². The predicted octanol–water partition coefficient (Wildman–Crippen LogP) is 4.82. The van der Waals surface area contributed by atoms with E-state index in [2.05, 4.69) is 31.5 Å². The maximum absolute atomic E-state index is 14.3. The van der Waals surface area contributed by atoms with E-state index in [0.29, 0.717) is 12.1 Å². The van der Waals surface area contributed by atoms with Gasteiger partial charge in [0.05, 0.1) is 5.69 Å². The number of alkyl halides is 3. The van der Waals surface area contributed by atoms with Gasteiger partial charge in [0.25, 0.3) is 0 Å². The van der Waals surface area contributed by atoms with Crippen molar-refractivity contribution in [1.82, 2.24) is 20.2 Å². The molecule has 0 fully saturated rings. The van der Waals surface area contributed by atoms with Crippen molar-refractivity contribution in [3.8, 4) is 0 Å². The van der Waals surface area contributed by atoms with Crippen LogP contribution in [-0.2, 0) is 28.7 Å². The Labute approximate surface area is 210 Å². The second kappa shape index (κ2) is 10.4. The second-order valence-electron chi connectivity index (χ2n) is 9.27. The molecule has 0 saturated carbocycles. The number of fused-ring (bicyclic) bond motifs is 1. The molecule has 2 atom stereocenters. The third-order valence-electron chi connectivity index (χ3n) is 5.27. The van der Waals surface area contributed by atoms with Gasteiger partial charge in [-0.15, -0.1) is 0 Å². The lowest BCUT2D eigenvalue weighted by Gasteiger charge is -2.29. The van der Waals surface area contributed by atoms with E-state index in [0.717, 1.165) is 4.57 Å². The van der Waals surface area contributed by atoms with E-state index in [1.54, 1.807) is 20.8 Å². The number of alkyl carbamates (subject to hydrolysis) is 1. The number of ketones is 1. The van der Waals surface area contributed by atoms with Gasteiger partial charge in [0.2, 0.25) is 0 Å². The quantitative estimate of drug-likeness (QED) is 0.375. The fraction of sp³-hybridized carbons (Fsp3) is 0.500. The van der Waals surface area contributed by atoms with Crippen LogP contribution in [0, 0.1) is 17.5 Å². The molecule has 7 nitrogen and oxygen atoms in total. The van der Waals surface area contributed by atoms with E-state index in [4.69, 9.17) is 4.74 Å². The Morgan fingerprint density at radius 1 is 1.19 bits per heavy atom. The summed E-state index contributed by atoms with van der Waals surface area (Å²) >= 11 is 2.98. The van der Waals surface area contributed by atoms with Crippen LogP contribution in [0.25, 0.3) is 0 Å². The Morgan fingerprint density at radius 2 is 1.83 bits per heavy atom. The zero-order valence-electron chi connectivity index (χ0n) is 19.4. The first-order chi connectivity index (χ1) is 16.6. The van der Waals surface area contributed by atoms with Crippen molar-refractivity contribution < 1.29 is 40.7 Å². The van der Waals surface area contributed by atoms with Crippen molar-refractivity contribution in [2.45, 2.75) is 64.0 Å². The number of ether oxygens (including phenoxy) is 1. The van der Waals surface area contributed by atoms with Crippen molar-refractivity contribution in [3.63, 3.8) is 0 Å². The van der Waals surface area contributed by atoms with E-state index in [-0.39, 0.29) is 29.1 Å². The zero-order valence-corrected chi connectivity index (χ0v) is 21.0. The number of rotatable bonds is 6. The summed E-state index contributed by atoms with van der Waals surface area (Å²) in [6.45, 7) is 4.55. The summed E-state index contributed by atoms with van der Waals surface area (Å²) in [5, 5.41) is 5.17. The van der Waals surface area contributed by atoms with Gasteiger partial charge >= 0.3 is 12.3 Å². The van der Waals surface area contributed by atoms with Crippen LogP contribution in [0.5, 0.6) is 0 Å². The number of carbonyl (C=O) groups excluding carboxylic acids is 2. The molecule has 1 aliphatic heterocycles. The van der Waals surface area contributed by atoms with Gasteiger partial charge in [-0.05, 0) is 54.8 Å². The summed E-state index contributed by atoms with van der Waals surface area (Å²) in [7, 11) is 0. The Hall–Kier alpha value is -2.61. The van der Waals surface area contributed by atoms with Crippen LogP contribution in [0.2, 0.25) is 0 Å². The highest BCUT2D eigenvalue weighted by atomic mass is 79.9. The predicted molar refractivity (Wildman–Crippen MR) is 118 cm³/mol. The largest absolute Gasteiger partial charge is 0.444 e. The SMILES string of the molecule is CC(C)(C)OC(=O)NC(CC(=O)C1CNCc2c(C(F)(F)F)nc(Br)n21)Cc1cc(F)c(F)cc1F. The van der Waals surface area contributed by atoms with Gasteiger partial charge in [0, 0.05) is 31.6 Å². The fourth-order valence-corrected chi connectivity index (χ4v) is 4.48. The number of amides is 1. The molecule has 0 saturated heterocycles. The molecule has 1 amide bonds. The summed E-state index contributed by atoms with van der Waals surface area (Å²) in [5.74, 6) is -4.43. The van der Waals surface area contributed by atoms with Gasteiger partial charge in [-0.2, -0.15) is 13.2 Å². The number of benzene rings is 1. The number of carbonyl (C=O) groups is 2. The molecule has 2 unspecified atom stereocenters. The van der Waals surface area contributed by atoms with Gasteiger partial charge in [-0.25, -0.2) is 22.9 Å². The first-order valence-corrected chi connectivity index (χ1v) is 11.6. The third kappa shape index (κ3) is 6.58. The van der Waals surface area contributed by atoms with E-state index in [1.165, 1.54) is 0 Å². The van der Waals surface area contributed by atoms with Crippen LogP contribution in [0.15, 0.2) is 16.9 Å². The Balaban J connectivity index is 1.89. The third-order valence-corrected chi connectivity index (χ3v) is 5.83. The molecule has 3 rings (SSSR count). The maximum Gasteiger partial charge on any atom is 0.435 e. The van der Waals surface area contributed by atoms with E-state index >= 15 is 0 Å². The number of hydrogen-bond acceptors (Lipinski definition) is 5. The van der Waals surface area contributed by atoms with Gasteiger partial charge in [-0.1, -0.05) is 0 Å². The van der Waals surface area contributed by atoms with Crippen LogP contribution in [-0.4, -0.2) is 39.6 Å². The number of nitrogens with one attached hydrogen (secondary N) is 2. The van der Waals surface area contributed by atoms with Crippen molar-refractivity contribution in [2.75, 3.05) is 6.54 Å². The average Bonchev–Trinajstić information content (AvgIpc) is 3.07. The Bertz CT molecular complexity index is 1160. The zero-order chi connectivity index (χ0) is 27.0. The Morgan fingerprint density at radius 3 is 2.44 bits per heavy atom. The van der Waals surface area contributed by atoms with Crippen LogP contribution in [0.3, 0.4) is 0 Å². The fourth-order valence-electron chi connectivity index (χ4n) is 3.84. The summed E-state index contributed by atoms with van der Waals surface area (Å²) in [6, 6.07) is -1.33. The summed E-state index contributed by atoms with van der Waals surface area (Å²) in [6.07, 6.45) is -6.59. The average molecular weight is 585 g/mol. The maximum atomic E-state index is 14.3. The van der Waals surface area contributed by atoms with Gasteiger partial charge in [0.15, 0.2) is 27.8 Å². The van der Waals surface area contributed by atoms with Crippen LogP contribution in [0.4, 0.5) is 31.1 Å². The van der Waals surface area contributed by atoms with Gasteiger partial charge < -0.3 is 19.9 Å². The number of imidazole rings is 1. The molecule has 198 valence electrons. The molecule has 0 spiro atoms. The lowest BCUT2D eigenvalue weighted by Crippen LogP contribution is -2.44. The molecule has 0 bridgehead atoms. The smallest absolute Gasteiger partial charge is 0.435 e. The lowest BCUT2D eigenvalue weighted by atomic mass is 9.97. The number of nitrogens with zero attached hydrogens (tertiary/aromatic N) is 2. The highest BCUT2D eigenvalue weighted by Crippen LogP contribution is 2.36. The molecule has 1 aromatic carbocycles. The van der Waals surface area contributed by atoms with Crippen molar-refractivity contribution >= 4 is 27.8 Å². The number of Topliss-reactive ketones (excluding diaryl/α,β-unsaturated/α-hetero) is 1. The minimum absolute atomic E-state index is 0.0310. The van der Waals surface area contributed by atoms with Crippen molar-refractivity contribution in [1.29, 1.82) is 0 Å². The van der Waals surface area contributed by atoms with Crippen molar-refractivity contribution in [3.05, 3.63) is 51.3 Å². The highest BCUT2D eigenvalue weighted by molar-refractivity contribution is 9.10. The minimum atomic E-state index is -4.75. The summed E-state index contributed by atoms with van der Waals surface area (Å²) < 4.78 is 87.6. The molecule has 1 aromatic heterocycles. The molecule has 1 aliphatic rings. The van der Waals surface area contributed by atoms with Crippen LogP contribution in [0.1, 0.15) is 50.2 Å². The summed E-state index contributed by atoms with van der Waals surface area (Å²) in [5.41, 5.74) is -2.62. The molecular formula is C22H23BrF6N4O3. The lowest BCUT2D eigenvalue weighted by molar-refractivity contribution is -0.142. The summed E-state index contributed by atoms with van der Waals surface area (Å²) in [4.78, 5) is 29.1. The highest BCUT2D eigenvalue weighted by Gasteiger charge is 2.42. The topological polar surface area (TPSA) is 85.2 Å². The molecule has 2 heterocycles. The number of hydrogen-bond donors (Lipinski definition) is 2. The van der Waals surface area contributed by atoms with E-state index in [1.807, 2.05) is 0 Å². The normalized spacial score (nSPS) is 16.9. The molecule has 36 heavy (non-hydrogen) atoms. The first-order valence-electron chi connectivity index (χ1n) is 10.8. The minimum Gasteiger partial charge on any atom is -0.444 e. The van der Waals surface area contributed by atoms with Crippen LogP contribution >= 0.6 is 15.9 Å². The molecule has 14 heteroatoms. The van der Waals surface area contributed by atoms with Gasteiger partial charge in [0.1, 0.15) is 17.5 Å². The van der Waals surface area contributed by atoms with Gasteiger partial charge in [-0.3, -0.25) is 4.79 Å². The number of aromatic nitrogens is 2. The van der Waals surface area contributed by atoms with Crippen molar-refractivity contribution in [2.24, 2.45) is 0 Å². The Kier molecular flexibility index (Phi) is 8.08. The standard InChI is InChI=1S/C22H23BrF6N4O3/c1-21(2,3)36-20(35)31-11(4-10-5-13(25)14(26)7-12(10)24)6-17(34)15-8-30-9-16-18(22(27,28)29)32-19(23)33(15)16/h5,7,11,15,30H,4,6,8-9H2,1-3H3,(H,31,35). The molecule has 0 aliphatic carbocycles.